The molecule has 0 unspecified atom stereocenters. The van der Waals surface area contributed by atoms with E-state index in [9.17, 15) is 4.79 Å². The first-order chi connectivity index (χ1) is 9.63. The van der Waals surface area contributed by atoms with E-state index in [1.54, 1.807) is 28.6 Å². The summed E-state index contributed by atoms with van der Waals surface area (Å²) in [7, 11) is 0. The number of thiazole rings is 1. The van der Waals surface area contributed by atoms with Crippen LogP contribution in [0.4, 0.5) is 0 Å². The van der Waals surface area contributed by atoms with E-state index in [1.165, 1.54) is 11.3 Å². The van der Waals surface area contributed by atoms with Crippen molar-refractivity contribution >= 4 is 28.8 Å². The lowest BCUT2D eigenvalue weighted by molar-refractivity contribution is 0.0157. The van der Waals surface area contributed by atoms with Crippen LogP contribution < -0.4 is 4.74 Å². The molecule has 1 fully saturated rings. The summed E-state index contributed by atoms with van der Waals surface area (Å²) < 4.78 is 5.65. The van der Waals surface area contributed by atoms with Gasteiger partial charge >= 0.3 is 0 Å². The number of halogens is 1. The number of rotatable bonds is 3. The second kappa shape index (κ2) is 5.38. The number of hydrogen-bond acceptors (Lipinski definition) is 5. The van der Waals surface area contributed by atoms with Crippen molar-refractivity contribution in [1.82, 2.24) is 14.9 Å². The van der Waals surface area contributed by atoms with Gasteiger partial charge in [0.1, 0.15) is 16.8 Å². The third kappa shape index (κ3) is 2.62. The molecule has 1 aliphatic heterocycles. The number of ether oxygens (including phenoxy) is 1. The lowest BCUT2D eigenvalue weighted by atomic mass is 10.1. The largest absolute Gasteiger partial charge is 0.470 e. The molecule has 5 nitrogen and oxygen atoms in total. The monoisotopic (exact) mass is 309 g/mol. The molecule has 104 valence electrons. The lowest BCUT2D eigenvalue weighted by Crippen LogP contribution is -2.56. The van der Waals surface area contributed by atoms with E-state index in [4.69, 9.17) is 16.3 Å². The van der Waals surface area contributed by atoms with Crippen LogP contribution in [0, 0.1) is 6.92 Å². The predicted molar refractivity (Wildman–Crippen MR) is 76.4 cm³/mol. The zero-order chi connectivity index (χ0) is 14.1. The molecule has 1 saturated heterocycles. The number of aromatic nitrogens is 2. The van der Waals surface area contributed by atoms with Crippen molar-refractivity contribution < 1.29 is 9.53 Å². The van der Waals surface area contributed by atoms with Crippen LogP contribution >= 0.6 is 22.9 Å². The van der Waals surface area contributed by atoms with Crippen LogP contribution in [0.3, 0.4) is 0 Å². The third-order valence-electron chi connectivity index (χ3n) is 2.98. The molecule has 0 spiro atoms. The van der Waals surface area contributed by atoms with Gasteiger partial charge in [-0.05, 0) is 19.1 Å². The number of pyridine rings is 1. The molecule has 20 heavy (non-hydrogen) atoms. The Kier molecular flexibility index (Phi) is 3.58. The first-order valence-corrected chi connectivity index (χ1v) is 7.38. The minimum Gasteiger partial charge on any atom is -0.470 e. The van der Waals surface area contributed by atoms with Crippen LogP contribution in [0.5, 0.6) is 5.88 Å². The molecule has 0 saturated carbocycles. The van der Waals surface area contributed by atoms with E-state index in [0.717, 1.165) is 5.01 Å². The maximum Gasteiger partial charge on any atom is 0.273 e. The van der Waals surface area contributed by atoms with E-state index in [2.05, 4.69) is 9.97 Å². The van der Waals surface area contributed by atoms with Gasteiger partial charge in [0.2, 0.25) is 5.88 Å². The molecular weight excluding hydrogens is 298 g/mol. The Morgan fingerprint density at radius 1 is 1.55 bits per heavy atom. The molecular formula is C13H12ClN3O2S. The summed E-state index contributed by atoms with van der Waals surface area (Å²) in [5.74, 6) is 0.358. The molecule has 0 atom stereocenters. The van der Waals surface area contributed by atoms with E-state index in [0.29, 0.717) is 29.7 Å². The molecule has 7 heteroatoms. The highest BCUT2D eigenvalue weighted by Gasteiger charge is 2.34. The smallest absolute Gasteiger partial charge is 0.273 e. The van der Waals surface area contributed by atoms with Gasteiger partial charge in [-0.2, -0.15) is 0 Å². The standard InChI is InChI=1S/C13H12ClN3O2S/c1-8-16-11(7-20-8)13(18)17-5-9(6-17)19-12-10(14)3-2-4-15-12/h2-4,7,9H,5-6H2,1H3. The van der Waals surface area contributed by atoms with E-state index in [-0.39, 0.29) is 12.0 Å². The normalized spacial score (nSPS) is 15.0. The number of likely N-dealkylation sites (tertiary alicyclic amines) is 1. The van der Waals surface area contributed by atoms with E-state index in [1.807, 2.05) is 6.92 Å². The molecule has 0 radical (unpaired) electrons. The average molecular weight is 310 g/mol. The predicted octanol–water partition coefficient (Wildman–Crippen LogP) is 2.40. The van der Waals surface area contributed by atoms with Gasteiger partial charge in [0.25, 0.3) is 5.91 Å². The fourth-order valence-corrected chi connectivity index (χ4v) is 2.67. The van der Waals surface area contributed by atoms with Gasteiger partial charge in [-0.15, -0.1) is 11.3 Å². The summed E-state index contributed by atoms with van der Waals surface area (Å²) in [5, 5.41) is 3.15. The highest BCUT2D eigenvalue weighted by Crippen LogP contribution is 2.24. The van der Waals surface area contributed by atoms with Gasteiger partial charge in [0.15, 0.2) is 0 Å². The topological polar surface area (TPSA) is 55.3 Å². The second-order valence-electron chi connectivity index (χ2n) is 4.49. The molecule has 1 amide bonds. The van der Waals surface area contributed by atoms with Crippen LogP contribution in [0.15, 0.2) is 23.7 Å². The fraction of sp³-hybridized carbons (Fsp3) is 0.308. The average Bonchev–Trinajstić information content (AvgIpc) is 2.81. The Hall–Kier alpha value is -1.66. The Bertz CT molecular complexity index is 640. The molecule has 0 aliphatic carbocycles. The molecule has 2 aromatic rings. The SMILES string of the molecule is Cc1nc(C(=O)N2CC(Oc3ncccc3Cl)C2)cs1. The Morgan fingerprint density at radius 2 is 2.35 bits per heavy atom. The number of carbonyl (C=O) groups is 1. The van der Waals surface area contributed by atoms with Crippen LogP contribution in [-0.2, 0) is 0 Å². The van der Waals surface area contributed by atoms with Crippen molar-refractivity contribution in [3.63, 3.8) is 0 Å². The van der Waals surface area contributed by atoms with Gasteiger partial charge in [-0.25, -0.2) is 9.97 Å². The van der Waals surface area contributed by atoms with Crippen LogP contribution in [0.25, 0.3) is 0 Å². The highest BCUT2D eigenvalue weighted by atomic mass is 35.5. The summed E-state index contributed by atoms with van der Waals surface area (Å²) >= 11 is 7.44. The van der Waals surface area contributed by atoms with Crippen molar-refractivity contribution in [2.45, 2.75) is 13.0 Å². The van der Waals surface area contributed by atoms with Crippen molar-refractivity contribution in [3.8, 4) is 5.88 Å². The zero-order valence-electron chi connectivity index (χ0n) is 10.7. The summed E-state index contributed by atoms with van der Waals surface area (Å²) in [6, 6.07) is 3.47. The Labute approximate surface area is 125 Å². The molecule has 3 heterocycles. The van der Waals surface area contributed by atoms with E-state index < -0.39 is 0 Å². The zero-order valence-corrected chi connectivity index (χ0v) is 12.3. The van der Waals surface area contributed by atoms with Crippen LogP contribution in [0.1, 0.15) is 15.5 Å². The second-order valence-corrected chi connectivity index (χ2v) is 5.96. The van der Waals surface area contributed by atoms with Crippen molar-refractivity contribution in [2.75, 3.05) is 13.1 Å². The highest BCUT2D eigenvalue weighted by molar-refractivity contribution is 7.09. The number of nitrogens with zero attached hydrogens (tertiary/aromatic N) is 3. The number of hydrogen-bond donors (Lipinski definition) is 0. The van der Waals surface area contributed by atoms with Crippen molar-refractivity contribution in [2.24, 2.45) is 0 Å². The minimum atomic E-state index is -0.0638. The third-order valence-corrected chi connectivity index (χ3v) is 4.04. The number of aryl methyl sites for hydroxylation is 1. The molecule has 2 aromatic heterocycles. The quantitative estimate of drug-likeness (QED) is 0.873. The summed E-state index contributed by atoms with van der Waals surface area (Å²) in [6.07, 6.45) is 1.56. The first kappa shape index (κ1) is 13.3. The number of amides is 1. The van der Waals surface area contributed by atoms with E-state index >= 15 is 0 Å². The summed E-state index contributed by atoms with van der Waals surface area (Å²) in [5.41, 5.74) is 0.502. The maximum absolute atomic E-state index is 12.1. The molecule has 0 bridgehead atoms. The van der Waals surface area contributed by atoms with Crippen molar-refractivity contribution in [3.05, 3.63) is 39.4 Å². The van der Waals surface area contributed by atoms with Gasteiger partial charge in [0, 0.05) is 11.6 Å². The van der Waals surface area contributed by atoms with Crippen LogP contribution in [0.2, 0.25) is 5.02 Å². The van der Waals surface area contributed by atoms with Crippen molar-refractivity contribution in [1.29, 1.82) is 0 Å². The lowest BCUT2D eigenvalue weighted by Gasteiger charge is -2.38. The summed E-state index contributed by atoms with van der Waals surface area (Å²) in [6.45, 7) is 2.94. The molecule has 1 aliphatic rings. The van der Waals surface area contributed by atoms with Crippen LogP contribution in [-0.4, -0.2) is 40.0 Å². The van der Waals surface area contributed by atoms with Gasteiger partial charge in [0.05, 0.1) is 18.1 Å². The summed E-state index contributed by atoms with van der Waals surface area (Å²) in [4.78, 5) is 22.0. The number of carbonyl (C=O) groups excluding carboxylic acids is 1. The molecule has 3 rings (SSSR count). The fourth-order valence-electron chi connectivity index (χ4n) is 1.92. The van der Waals surface area contributed by atoms with Gasteiger partial charge in [-0.3, -0.25) is 4.79 Å². The Balaban J connectivity index is 1.57. The first-order valence-electron chi connectivity index (χ1n) is 6.12. The Morgan fingerprint density at radius 3 is 3.00 bits per heavy atom. The maximum atomic E-state index is 12.1. The van der Waals surface area contributed by atoms with Gasteiger partial charge in [-0.1, -0.05) is 11.6 Å². The minimum absolute atomic E-state index is 0.0543. The van der Waals surface area contributed by atoms with Gasteiger partial charge < -0.3 is 9.64 Å². The molecule has 0 N–H and O–H groups in total. The molecule has 0 aromatic carbocycles.